The molecule has 1 aromatic carbocycles. The lowest BCUT2D eigenvalue weighted by molar-refractivity contribution is -0.160. The van der Waals surface area contributed by atoms with E-state index in [2.05, 4.69) is 0 Å². The summed E-state index contributed by atoms with van der Waals surface area (Å²) in [5.74, 6) is -2.56. The van der Waals surface area contributed by atoms with Crippen LogP contribution in [0.3, 0.4) is 0 Å². The lowest BCUT2D eigenvalue weighted by Crippen LogP contribution is -2.26. The number of ether oxygens (including phenoxy) is 4. The number of benzene rings is 1. The van der Waals surface area contributed by atoms with E-state index in [1.165, 1.54) is 0 Å². The molecule has 0 amide bonds. The molecule has 98 valence electrons. The largest absolute Gasteiger partial charge is 0.397 e. The van der Waals surface area contributed by atoms with E-state index in [4.69, 9.17) is 30.4 Å². The van der Waals surface area contributed by atoms with Gasteiger partial charge in [0, 0.05) is 0 Å². The molecular formula is C13H12N2O4. The highest BCUT2D eigenvalue weighted by molar-refractivity contribution is 5.76. The minimum absolute atomic E-state index is 0.137. The van der Waals surface area contributed by atoms with Gasteiger partial charge in [-0.1, -0.05) is 6.07 Å². The van der Waals surface area contributed by atoms with E-state index in [1.807, 2.05) is 19.9 Å². The Balaban J connectivity index is 1.61. The van der Waals surface area contributed by atoms with Crippen LogP contribution in [-0.4, -0.2) is 23.1 Å². The molecule has 6 nitrogen and oxygen atoms in total. The maximum absolute atomic E-state index is 6.20. The summed E-state index contributed by atoms with van der Waals surface area (Å²) in [7, 11) is 0. The van der Waals surface area contributed by atoms with Crippen molar-refractivity contribution in [3.8, 4) is 0 Å². The van der Waals surface area contributed by atoms with Crippen LogP contribution in [-0.2, 0) is 18.9 Å². The Bertz CT molecular complexity index is 686. The van der Waals surface area contributed by atoms with E-state index in [-0.39, 0.29) is 5.92 Å². The fraction of sp³-hybridized carbons (Fsp3) is 0.538. The second-order valence-electron chi connectivity index (χ2n) is 6.14. The van der Waals surface area contributed by atoms with Crippen molar-refractivity contribution in [2.24, 2.45) is 0 Å². The van der Waals surface area contributed by atoms with Crippen LogP contribution in [0.2, 0.25) is 0 Å². The van der Waals surface area contributed by atoms with Crippen LogP contribution in [0.5, 0.6) is 0 Å². The van der Waals surface area contributed by atoms with Crippen molar-refractivity contribution in [2.75, 3.05) is 11.5 Å². The average Bonchev–Trinajstić information content (AvgIpc) is 3.15. The van der Waals surface area contributed by atoms with Crippen LogP contribution in [0.1, 0.15) is 22.6 Å². The van der Waals surface area contributed by atoms with E-state index in [9.17, 15) is 0 Å². The molecule has 0 radical (unpaired) electrons. The fourth-order valence-corrected chi connectivity index (χ4v) is 4.00. The highest BCUT2D eigenvalue weighted by atomic mass is 17.2. The smallest absolute Gasteiger partial charge is 0.292 e. The fourth-order valence-electron chi connectivity index (χ4n) is 4.00. The minimum atomic E-state index is -0.648. The molecule has 4 saturated heterocycles. The van der Waals surface area contributed by atoms with Crippen LogP contribution >= 0.6 is 0 Å². The highest BCUT2D eigenvalue weighted by Crippen LogP contribution is 3.01. The summed E-state index contributed by atoms with van der Waals surface area (Å²) < 4.78 is 22.7. The van der Waals surface area contributed by atoms with Gasteiger partial charge in [0.1, 0.15) is 5.92 Å². The zero-order valence-corrected chi connectivity index (χ0v) is 10.4. The minimum Gasteiger partial charge on any atom is -0.397 e. The number of rotatable bonds is 1. The van der Waals surface area contributed by atoms with E-state index >= 15 is 0 Å². The molecule has 5 aliphatic rings. The molecule has 1 saturated carbocycles. The standard InChI is InChI=1S/C13H12N2O4/c1-4-3-6(8(15)7(14)5(4)2)9-10-12(16-10,17-10)13-11(9,18-13)19-13/h3,9H,14-15H2,1-2H3. The molecule has 19 heavy (non-hydrogen) atoms. The molecule has 0 aromatic heterocycles. The van der Waals surface area contributed by atoms with Crippen LogP contribution < -0.4 is 11.5 Å². The number of anilines is 2. The van der Waals surface area contributed by atoms with Crippen LogP contribution in [0, 0.1) is 13.8 Å². The summed E-state index contributed by atoms with van der Waals surface area (Å²) in [6.07, 6.45) is 0. The molecule has 6 rings (SSSR count). The highest BCUT2D eigenvalue weighted by Gasteiger charge is 3.26. The number of hydrogen-bond donors (Lipinski definition) is 2. The van der Waals surface area contributed by atoms with Crippen molar-refractivity contribution < 1.29 is 18.9 Å². The predicted octanol–water partition coefficient (Wildman–Crippen LogP) is 0.471. The van der Waals surface area contributed by atoms with Crippen LogP contribution in [0.4, 0.5) is 11.4 Å². The molecule has 0 spiro atoms. The Kier molecular flexibility index (Phi) is 0.985. The van der Waals surface area contributed by atoms with Gasteiger partial charge in [-0.05, 0) is 30.5 Å². The third-order valence-corrected chi connectivity index (χ3v) is 5.41. The number of epoxide rings is 4. The van der Waals surface area contributed by atoms with Gasteiger partial charge in [-0.2, -0.15) is 0 Å². The summed E-state index contributed by atoms with van der Waals surface area (Å²) in [4.78, 5) is 0. The Morgan fingerprint density at radius 2 is 1.47 bits per heavy atom. The summed E-state index contributed by atoms with van der Waals surface area (Å²) in [5.41, 5.74) is 16.5. The summed E-state index contributed by atoms with van der Waals surface area (Å²) in [5, 5.41) is 0. The van der Waals surface area contributed by atoms with Gasteiger partial charge < -0.3 is 30.4 Å². The Morgan fingerprint density at radius 1 is 0.947 bits per heavy atom. The van der Waals surface area contributed by atoms with E-state index in [0.717, 1.165) is 16.7 Å². The van der Waals surface area contributed by atoms with E-state index in [1.54, 1.807) is 0 Å². The molecule has 5 fully saturated rings. The number of aryl methyl sites for hydroxylation is 1. The normalized spacial score (nSPS) is 56.8. The van der Waals surface area contributed by atoms with Crippen molar-refractivity contribution in [3.05, 3.63) is 22.8 Å². The lowest BCUT2D eigenvalue weighted by Gasteiger charge is -2.21. The molecule has 0 unspecified atom stereocenters. The lowest BCUT2D eigenvalue weighted by atomic mass is 9.89. The Labute approximate surface area is 108 Å². The summed E-state index contributed by atoms with van der Waals surface area (Å²) >= 11 is 0. The van der Waals surface area contributed by atoms with Gasteiger partial charge in [-0.15, -0.1) is 0 Å². The third-order valence-electron chi connectivity index (χ3n) is 5.41. The Hall–Kier alpha value is -1.34. The molecule has 1 aliphatic carbocycles. The van der Waals surface area contributed by atoms with Crippen LogP contribution in [0.25, 0.3) is 0 Å². The topological polar surface area (TPSA) is 102 Å². The first-order valence-electron chi connectivity index (χ1n) is 6.40. The number of hydrogen-bond acceptors (Lipinski definition) is 6. The third kappa shape index (κ3) is 0.594. The summed E-state index contributed by atoms with van der Waals surface area (Å²) in [6.45, 7) is 3.98. The average molecular weight is 260 g/mol. The number of nitrogens with two attached hydrogens (primary N) is 2. The van der Waals surface area contributed by atoms with Crippen molar-refractivity contribution in [2.45, 2.75) is 42.9 Å². The quantitative estimate of drug-likeness (QED) is 0.562. The molecule has 6 heteroatoms. The first-order chi connectivity index (χ1) is 8.95. The number of nitrogen functional groups attached to an aromatic ring is 2. The van der Waals surface area contributed by atoms with Gasteiger partial charge in [0.05, 0.1) is 11.4 Å². The second kappa shape index (κ2) is 1.96. The Morgan fingerprint density at radius 3 is 2.00 bits per heavy atom. The second-order valence-corrected chi connectivity index (χ2v) is 6.14. The van der Waals surface area contributed by atoms with Gasteiger partial charge in [-0.3, -0.25) is 0 Å². The van der Waals surface area contributed by atoms with Crippen LogP contribution in [0.15, 0.2) is 6.07 Å². The van der Waals surface area contributed by atoms with Crippen molar-refractivity contribution in [3.63, 3.8) is 0 Å². The van der Waals surface area contributed by atoms with Gasteiger partial charge in [0.2, 0.25) is 11.6 Å². The van der Waals surface area contributed by atoms with Crippen molar-refractivity contribution in [1.29, 1.82) is 0 Å². The van der Waals surface area contributed by atoms with Gasteiger partial charge >= 0.3 is 0 Å². The predicted molar refractivity (Wildman–Crippen MR) is 62.7 cm³/mol. The first-order valence-corrected chi connectivity index (χ1v) is 6.40. The van der Waals surface area contributed by atoms with E-state index < -0.39 is 23.1 Å². The monoisotopic (exact) mass is 260 g/mol. The van der Waals surface area contributed by atoms with E-state index in [0.29, 0.717) is 11.4 Å². The molecule has 0 atom stereocenters. The maximum Gasteiger partial charge on any atom is 0.292 e. The van der Waals surface area contributed by atoms with Gasteiger partial charge in [-0.25, -0.2) is 0 Å². The zero-order chi connectivity index (χ0) is 13.0. The molecule has 1 aromatic rings. The van der Waals surface area contributed by atoms with Crippen molar-refractivity contribution in [1.82, 2.24) is 0 Å². The molecular weight excluding hydrogens is 248 g/mol. The molecule has 4 aliphatic heterocycles. The van der Waals surface area contributed by atoms with Gasteiger partial charge in [0.25, 0.3) is 11.6 Å². The SMILES string of the molecule is Cc1cc(C2C34OC3(O4)C34OC23O4)c(N)c(N)c1C. The molecule has 0 bridgehead atoms. The first kappa shape index (κ1) is 9.55. The summed E-state index contributed by atoms with van der Waals surface area (Å²) in [6, 6.07) is 2.04. The molecule has 4 N–H and O–H groups in total. The van der Waals surface area contributed by atoms with Crippen molar-refractivity contribution >= 4 is 11.4 Å². The molecule has 4 heterocycles. The van der Waals surface area contributed by atoms with Gasteiger partial charge in [0.15, 0.2) is 0 Å². The zero-order valence-electron chi connectivity index (χ0n) is 10.4. The maximum atomic E-state index is 6.20.